The van der Waals surface area contributed by atoms with E-state index in [2.05, 4.69) is 36.1 Å². The Morgan fingerprint density at radius 1 is 1.29 bits per heavy atom. The van der Waals surface area contributed by atoms with Crippen molar-refractivity contribution < 1.29 is 0 Å². The second-order valence-electron chi connectivity index (χ2n) is 6.66. The maximum absolute atomic E-state index is 6.36. The van der Waals surface area contributed by atoms with Gasteiger partial charge in [-0.2, -0.15) is 0 Å². The molecule has 0 aliphatic heterocycles. The monoisotopic (exact) mass is 329 g/mol. The van der Waals surface area contributed by atoms with E-state index >= 15 is 0 Å². The first-order valence-corrected chi connectivity index (χ1v) is 8.42. The van der Waals surface area contributed by atoms with Crippen LogP contribution in [0.15, 0.2) is 6.07 Å². The van der Waals surface area contributed by atoms with Crippen molar-refractivity contribution in [2.24, 2.45) is 5.41 Å². The molecule has 1 aromatic heterocycles. The van der Waals surface area contributed by atoms with Gasteiger partial charge in [-0.3, -0.25) is 0 Å². The van der Waals surface area contributed by atoms with Crippen molar-refractivity contribution >= 4 is 34.8 Å². The lowest BCUT2D eigenvalue weighted by Gasteiger charge is -2.39. The van der Waals surface area contributed by atoms with Crippen LogP contribution in [0, 0.1) is 5.41 Å². The first-order valence-electron chi connectivity index (χ1n) is 7.67. The highest BCUT2D eigenvalue weighted by Gasteiger charge is 2.30. The molecule has 0 saturated heterocycles. The summed E-state index contributed by atoms with van der Waals surface area (Å²) in [4.78, 5) is 6.84. The Hall–Kier alpha value is -0.670. The van der Waals surface area contributed by atoms with E-state index in [-0.39, 0.29) is 0 Å². The van der Waals surface area contributed by atoms with Gasteiger partial charge in [0.1, 0.15) is 11.6 Å². The third kappa shape index (κ3) is 3.95. The highest BCUT2D eigenvalue weighted by atomic mass is 35.5. The number of rotatable bonds is 4. The predicted octanol–water partition coefficient (Wildman–Crippen LogP) is 5.23. The Balaban J connectivity index is 2.19. The van der Waals surface area contributed by atoms with Crippen LogP contribution in [0.3, 0.4) is 0 Å². The number of anilines is 2. The lowest BCUT2D eigenvalue weighted by atomic mass is 9.75. The first kappa shape index (κ1) is 16.7. The fourth-order valence-electron chi connectivity index (χ4n) is 2.94. The van der Waals surface area contributed by atoms with Crippen molar-refractivity contribution in [2.75, 3.05) is 23.8 Å². The van der Waals surface area contributed by atoms with Crippen LogP contribution in [0.25, 0.3) is 0 Å². The summed E-state index contributed by atoms with van der Waals surface area (Å²) in [5.74, 6) is 1.53. The lowest BCUT2D eigenvalue weighted by molar-refractivity contribution is 0.222. The van der Waals surface area contributed by atoms with E-state index in [9.17, 15) is 0 Å². The average molecular weight is 330 g/mol. The van der Waals surface area contributed by atoms with Gasteiger partial charge in [0, 0.05) is 19.6 Å². The Labute approximate surface area is 138 Å². The van der Waals surface area contributed by atoms with Gasteiger partial charge in [-0.25, -0.2) is 4.98 Å². The second kappa shape index (κ2) is 6.62. The van der Waals surface area contributed by atoms with Gasteiger partial charge in [0.15, 0.2) is 0 Å². The van der Waals surface area contributed by atoms with Gasteiger partial charge in [0.05, 0.1) is 10.0 Å². The molecule has 0 spiro atoms. The molecule has 21 heavy (non-hydrogen) atoms. The topological polar surface area (TPSA) is 28.2 Å². The summed E-state index contributed by atoms with van der Waals surface area (Å²) >= 11 is 12.5. The summed E-state index contributed by atoms with van der Waals surface area (Å²) in [6, 6.07) is 2.28. The van der Waals surface area contributed by atoms with Crippen LogP contribution in [0.1, 0.15) is 46.5 Å². The largest absolute Gasteiger partial charge is 0.369 e. The minimum atomic E-state index is 0.462. The first-order chi connectivity index (χ1) is 9.84. The second-order valence-corrected chi connectivity index (χ2v) is 7.48. The van der Waals surface area contributed by atoms with Crippen LogP contribution in [0.4, 0.5) is 11.6 Å². The molecule has 0 radical (unpaired) electrons. The van der Waals surface area contributed by atoms with E-state index in [1.54, 1.807) is 6.07 Å². The Morgan fingerprint density at radius 2 is 1.90 bits per heavy atom. The maximum atomic E-state index is 6.36. The normalized spacial score (nSPS) is 18.6. The molecule has 2 rings (SSSR count). The summed E-state index contributed by atoms with van der Waals surface area (Å²) < 4.78 is 0. The fraction of sp³-hybridized carbons (Fsp3) is 0.688. The van der Waals surface area contributed by atoms with Gasteiger partial charge >= 0.3 is 0 Å². The van der Waals surface area contributed by atoms with E-state index in [0.29, 0.717) is 27.3 Å². The van der Waals surface area contributed by atoms with Crippen LogP contribution < -0.4 is 10.2 Å². The maximum Gasteiger partial charge on any atom is 0.149 e. The zero-order valence-electron chi connectivity index (χ0n) is 13.3. The summed E-state index contributed by atoms with van der Waals surface area (Å²) in [7, 11) is 2.08. The predicted molar refractivity (Wildman–Crippen MR) is 92.9 cm³/mol. The summed E-state index contributed by atoms with van der Waals surface area (Å²) in [5.41, 5.74) is 0.462. The molecular weight excluding hydrogens is 305 g/mol. The van der Waals surface area contributed by atoms with Crippen LogP contribution >= 0.6 is 23.2 Å². The molecule has 0 amide bonds. The molecule has 1 heterocycles. The number of nitrogens with one attached hydrogen (secondary N) is 1. The van der Waals surface area contributed by atoms with E-state index in [0.717, 1.165) is 12.4 Å². The highest BCUT2D eigenvalue weighted by Crippen LogP contribution is 2.39. The Morgan fingerprint density at radius 3 is 2.48 bits per heavy atom. The van der Waals surface area contributed by atoms with E-state index < -0.39 is 0 Å². The molecule has 1 aliphatic rings. The highest BCUT2D eigenvalue weighted by molar-refractivity contribution is 6.37. The fourth-order valence-corrected chi connectivity index (χ4v) is 3.50. The quantitative estimate of drug-likeness (QED) is 0.820. The molecule has 1 aromatic rings. The van der Waals surface area contributed by atoms with Gasteiger partial charge in [0.2, 0.25) is 0 Å². The Kier molecular flexibility index (Phi) is 5.26. The summed E-state index contributed by atoms with van der Waals surface area (Å²) in [6.07, 6.45) is 4.85. The van der Waals surface area contributed by atoms with Crippen molar-refractivity contribution in [3.8, 4) is 0 Å². The molecule has 3 nitrogen and oxygen atoms in total. The van der Waals surface area contributed by atoms with Crippen molar-refractivity contribution in [2.45, 2.75) is 52.5 Å². The van der Waals surface area contributed by atoms with Crippen molar-refractivity contribution in [1.82, 2.24) is 4.98 Å². The van der Waals surface area contributed by atoms with E-state index in [1.165, 1.54) is 25.7 Å². The number of aromatic nitrogens is 1. The number of hydrogen-bond acceptors (Lipinski definition) is 3. The third-order valence-corrected chi connectivity index (χ3v) is 5.01. The molecule has 0 bridgehead atoms. The molecule has 1 saturated carbocycles. The molecule has 1 N–H and O–H groups in total. The van der Waals surface area contributed by atoms with Gasteiger partial charge in [-0.1, -0.05) is 37.0 Å². The standard InChI is InChI=1S/C16H25Cl2N3/c1-5-19-14-12(17)10-13(18)15(20-14)21(4)11-6-8-16(2,3)9-7-11/h10-11H,5-9H2,1-4H3,(H,19,20). The van der Waals surface area contributed by atoms with Crippen LogP contribution in [0.2, 0.25) is 10.0 Å². The number of nitrogens with zero attached hydrogens (tertiary/aromatic N) is 2. The molecule has 0 atom stereocenters. The zero-order valence-corrected chi connectivity index (χ0v) is 14.9. The minimum Gasteiger partial charge on any atom is -0.369 e. The third-order valence-electron chi connectivity index (χ3n) is 4.45. The Bertz CT molecular complexity index is 493. The molecule has 0 aromatic carbocycles. The molecule has 1 fully saturated rings. The van der Waals surface area contributed by atoms with E-state index in [4.69, 9.17) is 23.2 Å². The average Bonchev–Trinajstić information content (AvgIpc) is 2.41. The van der Waals surface area contributed by atoms with Gasteiger partial charge in [-0.05, 0) is 44.1 Å². The molecular formula is C16H25Cl2N3. The summed E-state index contributed by atoms with van der Waals surface area (Å²) in [6.45, 7) is 7.51. The van der Waals surface area contributed by atoms with Gasteiger partial charge in [0.25, 0.3) is 0 Å². The number of halogens is 2. The van der Waals surface area contributed by atoms with Crippen LogP contribution in [0.5, 0.6) is 0 Å². The lowest BCUT2D eigenvalue weighted by Crippen LogP contribution is -2.37. The van der Waals surface area contributed by atoms with Crippen LogP contribution in [-0.4, -0.2) is 24.6 Å². The van der Waals surface area contributed by atoms with Crippen molar-refractivity contribution in [3.05, 3.63) is 16.1 Å². The number of pyridine rings is 1. The molecule has 1 aliphatic carbocycles. The van der Waals surface area contributed by atoms with E-state index in [1.807, 2.05) is 6.92 Å². The number of hydrogen-bond donors (Lipinski definition) is 1. The minimum absolute atomic E-state index is 0.462. The molecule has 5 heteroatoms. The molecule has 0 unspecified atom stereocenters. The zero-order chi connectivity index (χ0) is 15.6. The smallest absolute Gasteiger partial charge is 0.149 e. The van der Waals surface area contributed by atoms with Crippen molar-refractivity contribution in [1.29, 1.82) is 0 Å². The SMILES string of the molecule is CCNc1nc(N(C)C2CCC(C)(C)CC2)c(Cl)cc1Cl. The van der Waals surface area contributed by atoms with Crippen molar-refractivity contribution in [3.63, 3.8) is 0 Å². The van der Waals surface area contributed by atoms with Gasteiger partial charge < -0.3 is 10.2 Å². The molecule has 118 valence electrons. The van der Waals surface area contributed by atoms with Crippen LogP contribution in [-0.2, 0) is 0 Å². The van der Waals surface area contributed by atoms with Gasteiger partial charge in [-0.15, -0.1) is 0 Å². The summed E-state index contributed by atoms with van der Waals surface area (Å²) in [5, 5.41) is 4.38.